The van der Waals surface area contributed by atoms with Gasteiger partial charge in [0.05, 0.1) is 0 Å². The molecule has 0 aliphatic rings. The molecule has 0 radical (unpaired) electrons. The third-order valence-electron chi connectivity index (χ3n) is 3.77. The molecule has 0 heterocycles. The van der Waals surface area contributed by atoms with Crippen molar-refractivity contribution in [3.63, 3.8) is 0 Å². The molecule has 21 heavy (non-hydrogen) atoms. The number of rotatable bonds is 11. The molecule has 120 valence electrons. The van der Waals surface area contributed by atoms with E-state index < -0.39 is 0 Å². The number of nitrogens with zero attached hydrogens (tertiary/aromatic N) is 1. The van der Waals surface area contributed by atoms with Crippen LogP contribution in [0.4, 0.5) is 0 Å². The molecular formula is C19H34N2. The smallest absolute Gasteiger partial charge is 0.0233 e. The zero-order chi connectivity index (χ0) is 15.5. The van der Waals surface area contributed by atoms with Gasteiger partial charge in [0.15, 0.2) is 0 Å². The molecule has 1 rings (SSSR count). The van der Waals surface area contributed by atoms with Crippen LogP contribution in [0.15, 0.2) is 24.3 Å². The Bertz CT molecular complexity index is 366. The highest BCUT2D eigenvalue weighted by molar-refractivity contribution is 5.23. The first-order chi connectivity index (χ1) is 10.2. The van der Waals surface area contributed by atoms with Gasteiger partial charge >= 0.3 is 0 Å². The van der Waals surface area contributed by atoms with Crippen LogP contribution in [0.2, 0.25) is 0 Å². The third-order valence-corrected chi connectivity index (χ3v) is 3.77. The van der Waals surface area contributed by atoms with E-state index >= 15 is 0 Å². The van der Waals surface area contributed by atoms with Crippen LogP contribution in [0.25, 0.3) is 0 Å². The Labute approximate surface area is 131 Å². The van der Waals surface area contributed by atoms with E-state index in [1.807, 2.05) is 0 Å². The summed E-state index contributed by atoms with van der Waals surface area (Å²) in [6.45, 7) is 13.5. The van der Waals surface area contributed by atoms with Crippen molar-refractivity contribution < 1.29 is 0 Å². The molecule has 0 aliphatic carbocycles. The minimum absolute atomic E-state index is 0.541. The predicted octanol–water partition coefficient (Wildman–Crippen LogP) is 4.59. The first-order valence-electron chi connectivity index (χ1n) is 8.69. The lowest BCUT2D eigenvalue weighted by atomic mass is 10.1. The molecule has 0 atom stereocenters. The average Bonchev–Trinajstić information content (AvgIpc) is 2.48. The summed E-state index contributed by atoms with van der Waals surface area (Å²) in [5, 5.41) is 3.50. The van der Waals surface area contributed by atoms with Crippen LogP contribution in [0.1, 0.15) is 64.5 Å². The molecule has 1 aromatic rings. The molecule has 0 saturated heterocycles. The fourth-order valence-corrected chi connectivity index (χ4v) is 2.45. The van der Waals surface area contributed by atoms with Gasteiger partial charge < -0.3 is 5.32 Å². The predicted molar refractivity (Wildman–Crippen MR) is 93.5 cm³/mol. The van der Waals surface area contributed by atoms with Crippen molar-refractivity contribution in [2.24, 2.45) is 0 Å². The summed E-state index contributed by atoms with van der Waals surface area (Å²) in [5.74, 6) is 0. The molecule has 2 nitrogen and oxygen atoms in total. The second-order valence-electron chi connectivity index (χ2n) is 6.34. The molecule has 0 bridgehead atoms. The van der Waals surface area contributed by atoms with Crippen molar-refractivity contribution in [1.82, 2.24) is 10.2 Å². The first kappa shape index (κ1) is 18.2. The molecule has 0 saturated carbocycles. The van der Waals surface area contributed by atoms with Crippen LogP contribution in [0.3, 0.4) is 0 Å². The molecule has 0 aromatic heterocycles. The van der Waals surface area contributed by atoms with E-state index in [9.17, 15) is 0 Å². The fourth-order valence-electron chi connectivity index (χ4n) is 2.45. The summed E-state index contributed by atoms with van der Waals surface area (Å²) in [7, 11) is 0. The molecule has 2 heteroatoms. The minimum atomic E-state index is 0.541. The first-order valence-corrected chi connectivity index (χ1v) is 8.69. The Hall–Kier alpha value is -0.860. The maximum absolute atomic E-state index is 3.50. The molecule has 0 amide bonds. The normalized spacial score (nSPS) is 11.5. The van der Waals surface area contributed by atoms with E-state index in [2.05, 4.69) is 62.2 Å². The second kappa shape index (κ2) is 10.8. The monoisotopic (exact) mass is 290 g/mol. The molecule has 0 unspecified atom stereocenters. The van der Waals surface area contributed by atoms with Gasteiger partial charge in [-0.15, -0.1) is 0 Å². The lowest BCUT2D eigenvalue weighted by molar-refractivity contribution is 0.257. The molecule has 0 fully saturated rings. The quantitative estimate of drug-likeness (QED) is 0.641. The summed E-state index contributed by atoms with van der Waals surface area (Å²) in [6, 6.07) is 9.59. The van der Waals surface area contributed by atoms with Crippen LogP contribution in [-0.2, 0) is 13.1 Å². The fraction of sp³-hybridized carbons (Fsp3) is 0.684. The number of hydrogen-bond acceptors (Lipinski definition) is 2. The van der Waals surface area contributed by atoms with Gasteiger partial charge in [-0.25, -0.2) is 0 Å². The Balaban J connectivity index is 2.58. The van der Waals surface area contributed by atoms with Gasteiger partial charge in [0.25, 0.3) is 0 Å². The third kappa shape index (κ3) is 8.23. The Morgan fingerprint density at radius 3 is 2.19 bits per heavy atom. The van der Waals surface area contributed by atoms with Crippen molar-refractivity contribution in [3.05, 3.63) is 35.4 Å². The van der Waals surface area contributed by atoms with Crippen molar-refractivity contribution >= 4 is 0 Å². The van der Waals surface area contributed by atoms with Gasteiger partial charge in [0.2, 0.25) is 0 Å². The molecule has 0 aliphatic heterocycles. The van der Waals surface area contributed by atoms with Crippen LogP contribution in [0.5, 0.6) is 0 Å². The largest absolute Gasteiger partial charge is 0.310 e. The molecule has 0 spiro atoms. The van der Waals surface area contributed by atoms with E-state index in [4.69, 9.17) is 0 Å². The Kier molecular flexibility index (Phi) is 9.36. The molecule has 1 N–H and O–H groups in total. The highest BCUT2D eigenvalue weighted by atomic mass is 15.1. The van der Waals surface area contributed by atoms with Gasteiger partial charge in [-0.1, -0.05) is 64.8 Å². The Morgan fingerprint density at radius 1 is 1.00 bits per heavy atom. The summed E-state index contributed by atoms with van der Waals surface area (Å²) in [5.41, 5.74) is 2.84. The summed E-state index contributed by atoms with van der Waals surface area (Å²) in [6.07, 6.45) is 5.17. The van der Waals surface area contributed by atoms with Crippen LogP contribution >= 0.6 is 0 Å². The van der Waals surface area contributed by atoms with Crippen LogP contribution in [-0.4, -0.2) is 24.0 Å². The van der Waals surface area contributed by atoms with Gasteiger partial charge in [-0.2, -0.15) is 0 Å². The standard InChI is InChI=1S/C19H34N2/c1-5-7-12-21(13-8-6-2)16-19-11-9-10-18(14-19)15-20-17(3)4/h9-11,14,17,20H,5-8,12-13,15-16H2,1-4H3. The lowest BCUT2D eigenvalue weighted by Crippen LogP contribution is -2.26. The summed E-state index contributed by atoms with van der Waals surface area (Å²) in [4.78, 5) is 2.61. The zero-order valence-electron chi connectivity index (χ0n) is 14.5. The minimum Gasteiger partial charge on any atom is -0.310 e. The highest BCUT2D eigenvalue weighted by Gasteiger charge is 2.06. The molecular weight excluding hydrogens is 256 g/mol. The summed E-state index contributed by atoms with van der Waals surface area (Å²) >= 11 is 0. The van der Waals surface area contributed by atoms with Crippen molar-refractivity contribution in [1.29, 1.82) is 0 Å². The van der Waals surface area contributed by atoms with Crippen LogP contribution < -0.4 is 5.32 Å². The van der Waals surface area contributed by atoms with E-state index in [1.165, 1.54) is 49.9 Å². The summed E-state index contributed by atoms with van der Waals surface area (Å²) < 4.78 is 0. The van der Waals surface area contributed by atoms with E-state index in [-0.39, 0.29) is 0 Å². The second-order valence-corrected chi connectivity index (χ2v) is 6.34. The highest BCUT2D eigenvalue weighted by Crippen LogP contribution is 2.10. The number of hydrogen-bond donors (Lipinski definition) is 1. The van der Waals surface area contributed by atoms with Gasteiger partial charge in [-0.3, -0.25) is 4.90 Å². The van der Waals surface area contributed by atoms with Crippen molar-refractivity contribution in [3.8, 4) is 0 Å². The van der Waals surface area contributed by atoms with E-state index in [0.29, 0.717) is 6.04 Å². The maximum atomic E-state index is 3.50. The number of unbranched alkanes of at least 4 members (excludes halogenated alkanes) is 2. The zero-order valence-corrected chi connectivity index (χ0v) is 14.5. The van der Waals surface area contributed by atoms with Crippen molar-refractivity contribution in [2.45, 2.75) is 72.5 Å². The van der Waals surface area contributed by atoms with Crippen LogP contribution in [0, 0.1) is 0 Å². The van der Waals surface area contributed by atoms with Crippen molar-refractivity contribution in [2.75, 3.05) is 13.1 Å². The van der Waals surface area contributed by atoms with Gasteiger partial charge in [0, 0.05) is 19.1 Å². The molecule has 1 aromatic carbocycles. The van der Waals surface area contributed by atoms with E-state index in [0.717, 1.165) is 13.1 Å². The average molecular weight is 290 g/mol. The van der Waals surface area contributed by atoms with Gasteiger partial charge in [0.1, 0.15) is 0 Å². The SMILES string of the molecule is CCCCN(CCCC)Cc1cccc(CNC(C)C)c1. The maximum Gasteiger partial charge on any atom is 0.0233 e. The number of nitrogens with one attached hydrogen (secondary N) is 1. The topological polar surface area (TPSA) is 15.3 Å². The number of benzene rings is 1. The van der Waals surface area contributed by atoms with Gasteiger partial charge in [-0.05, 0) is 37.1 Å². The van der Waals surface area contributed by atoms with E-state index in [1.54, 1.807) is 0 Å². The lowest BCUT2D eigenvalue weighted by Gasteiger charge is -2.22. The Morgan fingerprint density at radius 2 is 1.62 bits per heavy atom.